The van der Waals surface area contributed by atoms with Crippen LogP contribution in [0.2, 0.25) is 0 Å². The fourth-order valence-corrected chi connectivity index (χ4v) is 3.07. The summed E-state index contributed by atoms with van der Waals surface area (Å²) >= 11 is 0. The minimum atomic E-state index is -4.63. The van der Waals surface area contributed by atoms with Crippen molar-refractivity contribution in [1.29, 1.82) is 0 Å². The van der Waals surface area contributed by atoms with Crippen LogP contribution in [0.4, 0.5) is 35.0 Å². The van der Waals surface area contributed by atoms with Gasteiger partial charge in [-0.3, -0.25) is 4.52 Å². The van der Waals surface area contributed by atoms with E-state index in [1.165, 1.54) is 24.5 Å². The van der Waals surface area contributed by atoms with E-state index in [0.717, 1.165) is 12.1 Å². The van der Waals surface area contributed by atoms with E-state index < -0.39 is 26.1 Å². The molecule has 0 saturated heterocycles. The lowest BCUT2D eigenvalue weighted by Crippen LogP contribution is -2.33. The number of hydrogen-bond acceptors (Lipinski definition) is 8. The number of hydrogen-bond donors (Lipinski definition) is 4. The lowest BCUT2D eigenvalue weighted by atomic mass is 10.2. The number of anilines is 3. The average Bonchev–Trinajstić information content (AvgIpc) is 2.78. The van der Waals surface area contributed by atoms with Crippen LogP contribution in [-0.2, 0) is 9.09 Å². The third kappa shape index (κ3) is 8.44. The second-order valence-electron chi connectivity index (χ2n) is 6.92. The molecule has 0 bridgehead atoms. The van der Waals surface area contributed by atoms with Gasteiger partial charge in [-0.2, -0.15) is 17.6 Å². The highest BCUT2D eigenvalue weighted by molar-refractivity contribution is 7.46. The normalized spacial score (nSPS) is 12.0. The van der Waals surface area contributed by atoms with Crippen molar-refractivity contribution >= 4 is 25.3 Å². The molecule has 0 aliphatic rings. The van der Waals surface area contributed by atoms with Gasteiger partial charge in [-0.25, -0.2) is 19.5 Å². The summed E-state index contributed by atoms with van der Waals surface area (Å²) in [5, 5.41) is 5.80. The molecule has 10 nitrogen and oxygen atoms in total. The number of ether oxygens (including phenoxy) is 1. The Bertz CT molecular complexity index is 1180. The summed E-state index contributed by atoms with van der Waals surface area (Å²) in [5.74, 6) is 0.130. The Labute approximate surface area is 196 Å². The van der Waals surface area contributed by atoms with Gasteiger partial charge in [-0.1, -0.05) is 6.07 Å². The summed E-state index contributed by atoms with van der Waals surface area (Å²) in [5.41, 5.74) is 1.39. The van der Waals surface area contributed by atoms with Crippen molar-refractivity contribution in [2.45, 2.75) is 19.0 Å². The Morgan fingerprint density at radius 2 is 1.86 bits per heavy atom. The van der Waals surface area contributed by atoms with Gasteiger partial charge in [-0.15, -0.1) is 0 Å². The molecule has 2 aromatic heterocycles. The number of alkyl halides is 4. The van der Waals surface area contributed by atoms with Gasteiger partial charge in [-0.05, 0) is 36.8 Å². The average molecular weight is 517 g/mol. The zero-order valence-electron chi connectivity index (χ0n) is 17.8. The van der Waals surface area contributed by atoms with Crippen LogP contribution in [-0.4, -0.2) is 50.4 Å². The van der Waals surface area contributed by atoms with Gasteiger partial charge in [0.15, 0.2) is 0 Å². The first kappa shape index (κ1) is 26.3. The number of rotatable bonds is 12. The Hall–Kier alpha value is -3.32. The van der Waals surface area contributed by atoms with Gasteiger partial charge in [0.05, 0.1) is 12.3 Å². The maximum Gasteiger partial charge on any atom is 0.469 e. The lowest BCUT2D eigenvalue weighted by molar-refractivity contribution is -0.253. The van der Waals surface area contributed by atoms with Gasteiger partial charge in [0.25, 0.3) is 0 Å². The topological polar surface area (TPSA) is 139 Å². The number of pyridine rings is 1. The number of halogens is 4. The van der Waals surface area contributed by atoms with Crippen LogP contribution in [0.3, 0.4) is 0 Å². The molecule has 0 unspecified atom stereocenters. The van der Waals surface area contributed by atoms with Crippen molar-refractivity contribution in [1.82, 2.24) is 15.0 Å². The highest BCUT2D eigenvalue weighted by atomic mass is 31.2. The molecule has 3 aromatic rings. The van der Waals surface area contributed by atoms with Gasteiger partial charge in [0.1, 0.15) is 11.6 Å². The Balaban J connectivity index is 1.65. The van der Waals surface area contributed by atoms with Crippen molar-refractivity contribution < 1.29 is 41.2 Å². The largest absolute Gasteiger partial charge is 0.469 e. The molecule has 2 heterocycles. The van der Waals surface area contributed by atoms with Crippen LogP contribution in [0, 0.1) is 0 Å². The lowest BCUT2D eigenvalue weighted by Gasteiger charge is -2.17. The number of nitrogens with zero attached hydrogens (tertiary/aromatic N) is 3. The number of benzene rings is 1. The zero-order chi connectivity index (χ0) is 25.5. The van der Waals surface area contributed by atoms with E-state index in [1.807, 2.05) is 0 Å². The van der Waals surface area contributed by atoms with E-state index >= 15 is 0 Å². The molecule has 35 heavy (non-hydrogen) atoms. The van der Waals surface area contributed by atoms with Crippen LogP contribution in [0.5, 0.6) is 5.75 Å². The van der Waals surface area contributed by atoms with Gasteiger partial charge < -0.3 is 25.2 Å². The van der Waals surface area contributed by atoms with Gasteiger partial charge in [0, 0.05) is 36.3 Å². The van der Waals surface area contributed by atoms with E-state index in [0.29, 0.717) is 30.0 Å². The molecule has 4 N–H and O–H groups in total. The first-order chi connectivity index (χ1) is 16.5. The summed E-state index contributed by atoms with van der Waals surface area (Å²) in [6.07, 6.45) is -5.29. The SMILES string of the molecule is O=P(O)(O)OCCCNc1cc(-c2ccnc(Nc3cccc(OC(F)(F)C(F)F)c3)n2)ccn1. The van der Waals surface area contributed by atoms with E-state index in [2.05, 4.69) is 34.8 Å². The summed E-state index contributed by atoms with van der Waals surface area (Å²) in [6, 6.07) is 10.1. The molecule has 0 fully saturated rings. The van der Waals surface area contributed by atoms with Crippen LogP contribution >= 0.6 is 7.82 Å². The fraction of sp³-hybridized carbons (Fsp3) is 0.250. The third-order valence-electron chi connectivity index (χ3n) is 4.20. The zero-order valence-corrected chi connectivity index (χ0v) is 18.7. The summed E-state index contributed by atoms with van der Waals surface area (Å²) in [4.78, 5) is 29.9. The number of nitrogens with one attached hydrogen (secondary N) is 2. The Morgan fingerprint density at radius 1 is 1.09 bits per heavy atom. The van der Waals surface area contributed by atoms with Gasteiger partial charge >= 0.3 is 20.4 Å². The molecule has 0 spiro atoms. The number of phosphoric ester groups is 1. The molecule has 0 saturated carbocycles. The second-order valence-corrected chi connectivity index (χ2v) is 8.16. The summed E-state index contributed by atoms with van der Waals surface area (Å²) in [6.45, 7) is 0.208. The molecule has 0 aliphatic heterocycles. The number of phosphoric acid groups is 1. The minimum absolute atomic E-state index is 0.112. The summed E-state index contributed by atoms with van der Waals surface area (Å²) < 4.78 is 70.2. The molecular weight excluding hydrogens is 497 g/mol. The number of aromatic nitrogens is 3. The van der Waals surface area contributed by atoms with E-state index in [1.54, 1.807) is 18.2 Å². The van der Waals surface area contributed by atoms with E-state index in [-0.39, 0.29) is 18.2 Å². The second kappa shape index (κ2) is 11.4. The monoisotopic (exact) mass is 517 g/mol. The third-order valence-corrected chi connectivity index (χ3v) is 4.72. The maximum atomic E-state index is 13.2. The predicted molar refractivity (Wildman–Crippen MR) is 118 cm³/mol. The molecule has 0 amide bonds. The van der Waals surface area contributed by atoms with Crippen molar-refractivity contribution in [3.8, 4) is 17.0 Å². The first-order valence-electron chi connectivity index (χ1n) is 9.97. The Morgan fingerprint density at radius 3 is 2.60 bits per heavy atom. The summed E-state index contributed by atoms with van der Waals surface area (Å²) in [7, 11) is -4.51. The molecule has 0 radical (unpaired) electrons. The Kier molecular flexibility index (Phi) is 8.57. The van der Waals surface area contributed by atoms with Crippen LogP contribution in [0.25, 0.3) is 11.3 Å². The van der Waals surface area contributed by atoms with Crippen molar-refractivity contribution in [3.63, 3.8) is 0 Å². The van der Waals surface area contributed by atoms with Crippen molar-refractivity contribution in [2.75, 3.05) is 23.8 Å². The standard InChI is InChI=1S/C20H20F4N5O5P/c21-18(22)20(23,24)34-15-4-1-3-14(12-15)28-19-27-9-6-16(29-19)13-5-8-26-17(11-13)25-7-2-10-33-35(30,31)32/h1,3-6,8-9,11-12,18H,2,7,10H2,(H,25,26)(H,27,28,29)(H2,30,31,32). The quantitative estimate of drug-likeness (QED) is 0.155. The smallest absolute Gasteiger partial charge is 0.428 e. The van der Waals surface area contributed by atoms with Crippen LogP contribution in [0.1, 0.15) is 6.42 Å². The van der Waals surface area contributed by atoms with Crippen LogP contribution < -0.4 is 15.4 Å². The molecular formula is C20H20F4N5O5P. The maximum absolute atomic E-state index is 13.2. The highest BCUT2D eigenvalue weighted by Gasteiger charge is 2.44. The molecule has 3 rings (SSSR count). The molecule has 15 heteroatoms. The van der Waals surface area contributed by atoms with E-state index in [9.17, 15) is 22.1 Å². The molecule has 188 valence electrons. The van der Waals surface area contributed by atoms with Crippen molar-refractivity contribution in [3.05, 3.63) is 54.9 Å². The molecule has 0 atom stereocenters. The fourth-order valence-electron chi connectivity index (χ4n) is 2.71. The minimum Gasteiger partial charge on any atom is -0.428 e. The van der Waals surface area contributed by atoms with Crippen molar-refractivity contribution in [2.24, 2.45) is 0 Å². The van der Waals surface area contributed by atoms with E-state index in [4.69, 9.17) is 9.79 Å². The highest BCUT2D eigenvalue weighted by Crippen LogP contribution is 2.35. The van der Waals surface area contributed by atoms with Crippen LogP contribution in [0.15, 0.2) is 54.9 Å². The first-order valence-corrected chi connectivity index (χ1v) is 11.5. The van der Waals surface area contributed by atoms with Gasteiger partial charge in [0.2, 0.25) is 5.95 Å². The molecule has 0 aliphatic carbocycles. The predicted octanol–water partition coefficient (Wildman–Crippen LogP) is 4.43. The molecule has 1 aromatic carbocycles.